The first-order valence-electron chi connectivity index (χ1n) is 6.80. The summed E-state index contributed by atoms with van der Waals surface area (Å²) in [4.78, 5) is 0. The first kappa shape index (κ1) is 13.1. The zero-order valence-electron chi connectivity index (χ0n) is 11.5. The monoisotopic (exact) mass is 271 g/mol. The Morgan fingerprint density at radius 1 is 1.25 bits per heavy atom. The van der Waals surface area contributed by atoms with Gasteiger partial charge in [-0.2, -0.15) is 0 Å². The minimum atomic E-state index is -0.434. The lowest BCUT2D eigenvalue weighted by molar-refractivity contribution is 0.189. The Balaban J connectivity index is 1.84. The molecule has 3 rings (SSSR count). The first-order valence-corrected chi connectivity index (χ1v) is 6.80. The topological polar surface area (TPSA) is 35.2 Å². The molecular formula is C17H18FNO. The van der Waals surface area contributed by atoms with Crippen LogP contribution in [0.3, 0.4) is 0 Å². The maximum Gasteiger partial charge on any atom is 0.123 e. The summed E-state index contributed by atoms with van der Waals surface area (Å²) in [6.45, 7) is 2.40. The molecule has 0 spiro atoms. The molecule has 3 heteroatoms. The van der Waals surface area contributed by atoms with Crippen molar-refractivity contribution in [1.29, 1.82) is 0 Å². The van der Waals surface area contributed by atoms with Crippen LogP contribution in [-0.2, 0) is 12.8 Å². The molecule has 0 aromatic heterocycles. The first-order chi connectivity index (χ1) is 9.56. The van der Waals surface area contributed by atoms with Crippen LogP contribution in [0.2, 0.25) is 0 Å². The molecule has 2 nitrogen and oxygen atoms in total. The highest BCUT2D eigenvalue weighted by molar-refractivity contribution is 5.38. The van der Waals surface area contributed by atoms with Gasteiger partial charge in [-0.3, -0.25) is 0 Å². The molecule has 0 aliphatic carbocycles. The molecule has 20 heavy (non-hydrogen) atoms. The van der Waals surface area contributed by atoms with E-state index in [9.17, 15) is 4.39 Å². The molecule has 1 aliphatic rings. The van der Waals surface area contributed by atoms with E-state index in [1.165, 1.54) is 6.07 Å². The van der Waals surface area contributed by atoms with E-state index < -0.39 is 5.54 Å². The summed E-state index contributed by atoms with van der Waals surface area (Å²) in [6.07, 6.45) is 1.47. The number of fused-ring (bicyclic) bond motifs is 1. The molecule has 1 heterocycles. The van der Waals surface area contributed by atoms with Crippen molar-refractivity contribution in [2.75, 3.05) is 6.61 Å². The van der Waals surface area contributed by atoms with Crippen molar-refractivity contribution in [1.82, 2.24) is 0 Å². The molecule has 2 aromatic rings. The third-order valence-corrected chi connectivity index (χ3v) is 3.88. The Morgan fingerprint density at radius 3 is 2.85 bits per heavy atom. The van der Waals surface area contributed by atoms with Gasteiger partial charge in [0.1, 0.15) is 18.2 Å². The maximum absolute atomic E-state index is 13.2. The highest BCUT2D eigenvalue weighted by Crippen LogP contribution is 2.30. The third-order valence-electron chi connectivity index (χ3n) is 3.88. The van der Waals surface area contributed by atoms with E-state index in [1.54, 1.807) is 6.07 Å². The summed E-state index contributed by atoms with van der Waals surface area (Å²) in [7, 11) is 0. The zero-order valence-corrected chi connectivity index (χ0v) is 11.5. The number of rotatable bonds is 2. The fraction of sp³-hybridized carbons (Fsp3) is 0.294. The van der Waals surface area contributed by atoms with Crippen LogP contribution in [0.25, 0.3) is 0 Å². The molecule has 0 saturated heterocycles. The minimum absolute atomic E-state index is 0.206. The van der Waals surface area contributed by atoms with E-state index >= 15 is 0 Å². The molecule has 1 unspecified atom stereocenters. The van der Waals surface area contributed by atoms with Crippen LogP contribution in [-0.4, -0.2) is 12.1 Å². The van der Waals surface area contributed by atoms with E-state index in [1.807, 2.05) is 37.3 Å². The molecule has 104 valence electrons. The quantitative estimate of drug-likeness (QED) is 0.911. The summed E-state index contributed by atoms with van der Waals surface area (Å²) in [6, 6.07) is 12.8. The Morgan fingerprint density at radius 2 is 2.05 bits per heavy atom. The number of hydrogen-bond donors (Lipinski definition) is 1. The van der Waals surface area contributed by atoms with E-state index in [0.717, 1.165) is 28.9 Å². The third kappa shape index (κ3) is 2.54. The predicted molar refractivity (Wildman–Crippen MR) is 77.4 cm³/mol. The highest BCUT2D eigenvalue weighted by Gasteiger charge is 2.32. The van der Waals surface area contributed by atoms with Gasteiger partial charge in [0, 0.05) is 0 Å². The molecule has 0 bridgehead atoms. The van der Waals surface area contributed by atoms with Crippen molar-refractivity contribution < 1.29 is 9.13 Å². The number of aryl methyl sites for hydroxylation is 1. The average Bonchev–Trinajstić information content (AvgIpc) is 2.42. The summed E-state index contributed by atoms with van der Waals surface area (Å²) in [5, 5.41) is 0. The van der Waals surface area contributed by atoms with Gasteiger partial charge in [-0.15, -0.1) is 0 Å². The Labute approximate surface area is 118 Å². The SMILES string of the molecule is Cc1cc(F)ccc1CC1(N)COc2ccccc2C1. The number of hydrogen-bond acceptors (Lipinski definition) is 2. The van der Waals surface area contributed by atoms with Gasteiger partial charge in [0.05, 0.1) is 5.54 Å². The summed E-state index contributed by atoms with van der Waals surface area (Å²) >= 11 is 0. The van der Waals surface area contributed by atoms with Gasteiger partial charge in [0.15, 0.2) is 0 Å². The van der Waals surface area contributed by atoms with Crippen molar-refractivity contribution in [2.45, 2.75) is 25.3 Å². The fourth-order valence-corrected chi connectivity index (χ4v) is 2.79. The Hall–Kier alpha value is -1.87. The van der Waals surface area contributed by atoms with Crippen molar-refractivity contribution in [3.63, 3.8) is 0 Å². The van der Waals surface area contributed by atoms with Crippen LogP contribution < -0.4 is 10.5 Å². The number of para-hydroxylation sites is 1. The molecule has 0 radical (unpaired) electrons. The standard InChI is InChI=1S/C17H18FNO/c1-12-8-15(18)7-6-13(12)9-17(19)10-14-4-2-3-5-16(14)20-11-17/h2-8H,9-11,19H2,1H3. The molecule has 0 amide bonds. The van der Waals surface area contributed by atoms with Gasteiger partial charge in [0.2, 0.25) is 0 Å². The van der Waals surface area contributed by atoms with Crippen LogP contribution in [0.15, 0.2) is 42.5 Å². The van der Waals surface area contributed by atoms with Gasteiger partial charge in [-0.05, 0) is 54.7 Å². The van der Waals surface area contributed by atoms with E-state index in [-0.39, 0.29) is 5.82 Å². The van der Waals surface area contributed by atoms with Crippen molar-refractivity contribution >= 4 is 0 Å². The molecular weight excluding hydrogens is 253 g/mol. The second-order valence-corrected chi connectivity index (χ2v) is 5.68. The average molecular weight is 271 g/mol. The molecule has 0 fully saturated rings. The second kappa shape index (κ2) is 4.91. The van der Waals surface area contributed by atoms with Crippen LogP contribution in [0.5, 0.6) is 5.75 Å². The summed E-state index contributed by atoms with van der Waals surface area (Å²) in [5.74, 6) is 0.715. The van der Waals surface area contributed by atoms with E-state index in [2.05, 4.69) is 0 Å². The fourth-order valence-electron chi connectivity index (χ4n) is 2.79. The lowest BCUT2D eigenvalue weighted by atomic mass is 9.83. The summed E-state index contributed by atoms with van der Waals surface area (Å²) in [5.41, 5.74) is 9.22. The van der Waals surface area contributed by atoms with E-state index in [4.69, 9.17) is 10.5 Å². The number of benzene rings is 2. The van der Waals surface area contributed by atoms with Gasteiger partial charge >= 0.3 is 0 Å². The molecule has 1 atom stereocenters. The maximum atomic E-state index is 13.2. The van der Waals surface area contributed by atoms with Crippen molar-refractivity contribution in [3.05, 3.63) is 65.0 Å². The van der Waals surface area contributed by atoms with Gasteiger partial charge in [-0.1, -0.05) is 24.3 Å². The lowest BCUT2D eigenvalue weighted by Gasteiger charge is -2.35. The summed E-state index contributed by atoms with van der Waals surface area (Å²) < 4.78 is 18.9. The molecule has 2 aromatic carbocycles. The molecule has 1 aliphatic heterocycles. The van der Waals surface area contributed by atoms with Crippen LogP contribution in [0.4, 0.5) is 4.39 Å². The van der Waals surface area contributed by atoms with Crippen LogP contribution >= 0.6 is 0 Å². The van der Waals surface area contributed by atoms with Gasteiger partial charge in [0.25, 0.3) is 0 Å². The number of nitrogens with two attached hydrogens (primary N) is 1. The Kier molecular flexibility index (Phi) is 3.22. The largest absolute Gasteiger partial charge is 0.491 e. The van der Waals surface area contributed by atoms with Crippen LogP contribution in [0, 0.1) is 12.7 Å². The van der Waals surface area contributed by atoms with Crippen LogP contribution in [0.1, 0.15) is 16.7 Å². The smallest absolute Gasteiger partial charge is 0.123 e. The van der Waals surface area contributed by atoms with E-state index in [0.29, 0.717) is 13.0 Å². The number of ether oxygens (including phenoxy) is 1. The highest BCUT2D eigenvalue weighted by atomic mass is 19.1. The number of halogens is 1. The second-order valence-electron chi connectivity index (χ2n) is 5.68. The van der Waals surface area contributed by atoms with Gasteiger partial charge in [-0.25, -0.2) is 4.39 Å². The van der Waals surface area contributed by atoms with Gasteiger partial charge < -0.3 is 10.5 Å². The van der Waals surface area contributed by atoms with Crippen molar-refractivity contribution in [3.8, 4) is 5.75 Å². The molecule has 0 saturated carbocycles. The predicted octanol–water partition coefficient (Wildman–Crippen LogP) is 3.01. The minimum Gasteiger partial charge on any atom is -0.491 e. The zero-order chi connectivity index (χ0) is 14.2. The molecule has 2 N–H and O–H groups in total. The lowest BCUT2D eigenvalue weighted by Crippen LogP contribution is -2.51. The van der Waals surface area contributed by atoms with Crippen molar-refractivity contribution in [2.24, 2.45) is 5.73 Å². The normalized spacial score (nSPS) is 21.1. The Bertz CT molecular complexity index is 641.